The standard InChI is InChI=1S/C23H20N2O3S/c1-13-20-16(12-28-3)8-10-17(14(2)26)22(20)29-21(13)23(27)25-19-11-9-15-6-4-5-7-18(15)24-19/h4-11H,12H2,1-3H3,(H,24,25,27). The van der Waals surface area contributed by atoms with E-state index in [2.05, 4.69) is 10.3 Å². The first kappa shape index (κ1) is 19.2. The molecule has 0 aliphatic carbocycles. The molecule has 1 N–H and O–H groups in total. The first-order chi connectivity index (χ1) is 14.0. The van der Waals surface area contributed by atoms with Gasteiger partial charge in [-0.15, -0.1) is 11.3 Å². The van der Waals surface area contributed by atoms with Crippen LogP contribution in [0.25, 0.3) is 21.0 Å². The van der Waals surface area contributed by atoms with Crippen molar-refractivity contribution in [1.82, 2.24) is 4.98 Å². The fourth-order valence-electron chi connectivity index (χ4n) is 3.51. The third kappa shape index (κ3) is 3.52. The van der Waals surface area contributed by atoms with Crippen molar-refractivity contribution in [1.29, 1.82) is 0 Å². The number of ketones is 1. The Morgan fingerprint density at radius 3 is 2.66 bits per heavy atom. The monoisotopic (exact) mass is 404 g/mol. The summed E-state index contributed by atoms with van der Waals surface area (Å²) in [6.07, 6.45) is 0. The van der Waals surface area contributed by atoms with Gasteiger partial charge in [0.2, 0.25) is 0 Å². The molecule has 0 aliphatic rings. The predicted molar refractivity (Wildman–Crippen MR) is 117 cm³/mol. The number of aryl methyl sites for hydroxylation is 1. The lowest BCUT2D eigenvalue weighted by Crippen LogP contribution is -2.12. The van der Waals surface area contributed by atoms with Gasteiger partial charge in [-0.2, -0.15) is 0 Å². The molecule has 29 heavy (non-hydrogen) atoms. The summed E-state index contributed by atoms with van der Waals surface area (Å²) in [6.45, 7) is 3.86. The number of amides is 1. The van der Waals surface area contributed by atoms with Crippen molar-refractivity contribution in [2.75, 3.05) is 12.4 Å². The maximum atomic E-state index is 13.0. The zero-order valence-electron chi connectivity index (χ0n) is 16.4. The number of nitrogens with zero attached hydrogens (tertiary/aromatic N) is 1. The molecule has 2 aromatic carbocycles. The van der Waals surface area contributed by atoms with Gasteiger partial charge in [-0.1, -0.05) is 24.3 Å². The number of hydrogen-bond donors (Lipinski definition) is 1. The minimum absolute atomic E-state index is 0.0247. The molecule has 0 bridgehead atoms. The number of fused-ring (bicyclic) bond motifs is 2. The molecule has 0 saturated heterocycles. The number of anilines is 1. The Morgan fingerprint density at radius 1 is 1.10 bits per heavy atom. The molecular weight excluding hydrogens is 384 g/mol. The second-order valence-electron chi connectivity index (χ2n) is 6.87. The SMILES string of the molecule is COCc1ccc(C(C)=O)c2sc(C(=O)Nc3ccc4ccccc4n3)c(C)c12. The van der Waals surface area contributed by atoms with E-state index in [9.17, 15) is 9.59 Å². The highest BCUT2D eigenvalue weighted by Crippen LogP contribution is 2.36. The summed E-state index contributed by atoms with van der Waals surface area (Å²) >= 11 is 1.33. The molecule has 1 amide bonds. The van der Waals surface area contributed by atoms with Crippen molar-refractivity contribution in [3.05, 3.63) is 70.1 Å². The van der Waals surface area contributed by atoms with Gasteiger partial charge in [0.25, 0.3) is 5.91 Å². The van der Waals surface area contributed by atoms with Crippen LogP contribution in [0.1, 0.15) is 38.1 Å². The summed E-state index contributed by atoms with van der Waals surface area (Å²) in [6, 6.07) is 15.2. The molecule has 6 heteroatoms. The summed E-state index contributed by atoms with van der Waals surface area (Å²) < 4.78 is 6.13. The second kappa shape index (κ2) is 7.73. The van der Waals surface area contributed by atoms with Crippen LogP contribution in [0.5, 0.6) is 0 Å². The largest absolute Gasteiger partial charge is 0.380 e. The maximum Gasteiger partial charge on any atom is 0.267 e. The van der Waals surface area contributed by atoms with Crippen molar-refractivity contribution >= 4 is 49.8 Å². The molecule has 4 aromatic rings. The quantitative estimate of drug-likeness (QED) is 0.455. The molecule has 0 unspecified atom stereocenters. The third-order valence-electron chi connectivity index (χ3n) is 4.89. The van der Waals surface area contributed by atoms with Gasteiger partial charge in [0.15, 0.2) is 5.78 Å². The summed E-state index contributed by atoms with van der Waals surface area (Å²) in [4.78, 5) is 30.2. The van der Waals surface area contributed by atoms with Crippen molar-refractivity contribution in [3.8, 4) is 0 Å². The van der Waals surface area contributed by atoms with Crippen LogP contribution in [0.2, 0.25) is 0 Å². The molecule has 0 fully saturated rings. The van der Waals surface area contributed by atoms with E-state index in [0.29, 0.717) is 22.9 Å². The number of thiophene rings is 1. The van der Waals surface area contributed by atoms with Crippen LogP contribution in [-0.4, -0.2) is 23.8 Å². The average molecular weight is 404 g/mol. The Morgan fingerprint density at radius 2 is 1.90 bits per heavy atom. The molecule has 0 radical (unpaired) electrons. The molecule has 0 atom stereocenters. The Labute approximate surface area is 172 Å². The van der Waals surface area contributed by atoms with Gasteiger partial charge in [-0.3, -0.25) is 9.59 Å². The number of pyridine rings is 1. The lowest BCUT2D eigenvalue weighted by molar-refractivity contribution is 0.101. The number of benzene rings is 2. The maximum absolute atomic E-state index is 13.0. The van der Waals surface area contributed by atoms with Gasteiger partial charge in [0.1, 0.15) is 5.82 Å². The first-order valence-electron chi connectivity index (χ1n) is 9.21. The zero-order chi connectivity index (χ0) is 20.5. The normalized spacial score (nSPS) is 11.1. The number of nitrogens with one attached hydrogen (secondary N) is 1. The number of methoxy groups -OCH3 is 1. The molecule has 2 heterocycles. The van der Waals surface area contributed by atoms with Crippen LogP contribution in [-0.2, 0) is 11.3 Å². The number of carbonyl (C=O) groups is 2. The molecule has 4 rings (SSSR count). The van der Waals surface area contributed by atoms with Crippen LogP contribution < -0.4 is 5.32 Å². The summed E-state index contributed by atoms with van der Waals surface area (Å²) in [5.41, 5.74) is 3.25. The fourth-order valence-corrected chi connectivity index (χ4v) is 4.82. The van der Waals surface area contributed by atoms with E-state index < -0.39 is 0 Å². The van der Waals surface area contributed by atoms with E-state index >= 15 is 0 Å². The van der Waals surface area contributed by atoms with Crippen LogP contribution in [0.4, 0.5) is 5.82 Å². The van der Waals surface area contributed by atoms with Gasteiger partial charge in [0, 0.05) is 28.1 Å². The van der Waals surface area contributed by atoms with E-state index in [0.717, 1.165) is 32.1 Å². The molecule has 146 valence electrons. The van der Waals surface area contributed by atoms with Crippen molar-refractivity contribution in [2.45, 2.75) is 20.5 Å². The van der Waals surface area contributed by atoms with Gasteiger partial charge < -0.3 is 10.1 Å². The highest BCUT2D eigenvalue weighted by Gasteiger charge is 2.21. The van der Waals surface area contributed by atoms with E-state index in [1.165, 1.54) is 11.3 Å². The number of Topliss-reactive ketones (excluding diaryl/α,β-unsaturated/α-hetero) is 1. The summed E-state index contributed by atoms with van der Waals surface area (Å²) in [7, 11) is 1.63. The molecule has 0 aliphatic heterocycles. The second-order valence-corrected chi connectivity index (χ2v) is 7.89. The molecule has 2 aromatic heterocycles. The lowest BCUT2D eigenvalue weighted by Gasteiger charge is -2.07. The predicted octanol–water partition coefficient (Wildman–Crippen LogP) is 5.36. The number of rotatable bonds is 5. The van der Waals surface area contributed by atoms with Crippen LogP contribution >= 0.6 is 11.3 Å². The Balaban J connectivity index is 1.76. The van der Waals surface area contributed by atoms with Gasteiger partial charge in [-0.05, 0) is 49.2 Å². The van der Waals surface area contributed by atoms with Crippen molar-refractivity contribution < 1.29 is 14.3 Å². The van der Waals surface area contributed by atoms with E-state index in [1.807, 2.05) is 49.4 Å². The summed E-state index contributed by atoms with van der Waals surface area (Å²) in [5.74, 6) is 0.238. The Hall–Kier alpha value is -3.09. The van der Waals surface area contributed by atoms with Crippen LogP contribution in [0.3, 0.4) is 0 Å². The van der Waals surface area contributed by atoms with Crippen LogP contribution in [0.15, 0.2) is 48.5 Å². The highest BCUT2D eigenvalue weighted by atomic mass is 32.1. The molecule has 5 nitrogen and oxygen atoms in total. The van der Waals surface area contributed by atoms with Gasteiger partial charge >= 0.3 is 0 Å². The number of aromatic nitrogens is 1. The fraction of sp³-hybridized carbons (Fsp3) is 0.174. The van der Waals surface area contributed by atoms with E-state index in [1.54, 1.807) is 20.1 Å². The molecule has 0 saturated carbocycles. The van der Waals surface area contributed by atoms with E-state index in [-0.39, 0.29) is 11.7 Å². The Bertz CT molecular complexity index is 1260. The number of hydrogen-bond acceptors (Lipinski definition) is 5. The zero-order valence-corrected chi connectivity index (χ0v) is 17.2. The number of ether oxygens (including phenoxy) is 1. The number of carbonyl (C=O) groups excluding carboxylic acids is 2. The minimum Gasteiger partial charge on any atom is -0.380 e. The molecular formula is C23H20N2O3S. The summed E-state index contributed by atoms with van der Waals surface area (Å²) in [5, 5.41) is 4.83. The first-order valence-corrected chi connectivity index (χ1v) is 10.0. The number of para-hydroxylation sites is 1. The smallest absolute Gasteiger partial charge is 0.267 e. The van der Waals surface area contributed by atoms with Crippen LogP contribution in [0, 0.1) is 6.92 Å². The third-order valence-corrected chi connectivity index (χ3v) is 6.21. The lowest BCUT2D eigenvalue weighted by atomic mass is 10.0. The average Bonchev–Trinajstić information content (AvgIpc) is 3.06. The van der Waals surface area contributed by atoms with Crippen molar-refractivity contribution in [2.24, 2.45) is 0 Å². The Kier molecular flexibility index (Phi) is 5.13. The van der Waals surface area contributed by atoms with Crippen molar-refractivity contribution in [3.63, 3.8) is 0 Å². The minimum atomic E-state index is -0.232. The highest BCUT2D eigenvalue weighted by molar-refractivity contribution is 7.21. The topological polar surface area (TPSA) is 68.3 Å². The van der Waals surface area contributed by atoms with E-state index in [4.69, 9.17) is 4.74 Å². The molecule has 0 spiro atoms. The van der Waals surface area contributed by atoms with Gasteiger partial charge in [0.05, 0.1) is 17.0 Å². The van der Waals surface area contributed by atoms with Gasteiger partial charge in [-0.25, -0.2) is 4.98 Å².